The third-order valence-electron chi connectivity index (χ3n) is 3.27. The van der Waals surface area contributed by atoms with Gasteiger partial charge in [-0.15, -0.1) is 11.3 Å². The van der Waals surface area contributed by atoms with Crippen LogP contribution in [0.1, 0.15) is 59.7 Å². The first-order chi connectivity index (χ1) is 11.6. The molecule has 0 saturated carbocycles. The predicted molar refractivity (Wildman–Crippen MR) is 103 cm³/mol. The number of nitrogens with one attached hydrogen (secondary N) is 2. The molecule has 0 spiro atoms. The second-order valence-electron chi connectivity index (χ2n) is 7.05. The monoisotopic (exact) mass is 379 g/mol. The zero-order valence-electron chi connectivity index (χ0n) is 14.9. The van der Waals surface area contributed by atoms with Crippen molar-refractivity contribution in [3.05, 3.63) is 44.9 Å². The number of carbonyl (C=O) groups is 2. The first kappa shape index (κ1) is 19.4. The van der Waals surface area contributed by atoms with E-state index in [1.54, 1.807) is 24.4 Å². The van der Waals surface area contributed by atoms with E-state index in [4.69, 9.17) is 11.6 Å². The Morgan fingerprint density at radius 3 is 2.44 bits per heavy atom. The highest BCUT2D eigenvalue weighted by molar-refractivity contribution is 7.13. The van der Waals surface area contributed by atoms with E-state index >= 15 is 0 Å². The molecule has 5 nitrogen and oxygen atoms in total. The number of thiazole rings is 1. The van der Waals surface area contributed by atoms with Gasteiger partial charge in [0, 0.05) is 16.5 Å². The van der Waals surface area contributed by atoms with Crippen LogP contribution < -0.4 is 10.6 Å². The third kappa shape index (κ3) is 5.03. The lowest BCUT2D eigenvalue weighted by Gasteiger charge is -2.14. The summed E-state index contributed by atoms with van der Waals surface area (Å²) in [6.45, 7) is 9.87. The average Bonchev–Trinajstić information content (AvgIpc) is 2.96. The maximum Gasteiger partial charge on any atom is 0.267 e. The first-order valence-electron chi connectivity index (χ1n) is 7.96. The van der Waals surface area contributed by atoms with Crippen LogP contribution in [0.5, 0.6) is 0 Å². The Morgan fingerprint density at radius 1 is 1.20 bits per heavy atom. The summed E-state index contributed by atoms with van der Waals surface area (Å²) in [7, 11) is 0. The Morgan fingerprint density at radius 2 is 1.88 bits per heavy atom. The van der Waals surface area contributed by atoms with E-state index in [1.165, 1.54) is 11.3 Å². The molecular formula is C18H22ClN3O2S. The second kappa shape index (κ2) is 7.54. The fourth-order valence-electron chi connectivity index (χ4n) is 2.07. The number of nitrogens with zero attached hydrogens (tertiary/aromatic N) is 1. The molecule has 2 aromatic rings. The van der Waals surface area contributed by atoms with Gasteiger partial charge in [0.25, 0.3) is 11.8 Å². The van der Waals surface area contributed by atoms with Gasteiger partial charge in [0.2, 0.25) is 0 Å². The fourth-order valence-corrected chi connectivity index (χ4v) is 3.11. The Hall–Kier alpha value is -1.92. The summed E-state index contributed by atoms with van der Waals surface area (Å²) >= 11 is 7.37. The number of amides is 2. The highest BCUT2D eigenvalue weighted by Gasteiger charge is 2.21. The van der Waals surface area contributed by atoms with E-state index in [-0.39, 0.29) is 23.3 Å². The van der Waals surface area contributed by atoms with Crippen molar-refractivity contribution in [3.63, 3.8) is 0 Å². The Balaban J connectivity index is 2.27. The SMILES string of the molecule is CC(C)NC(=O)c1ccc(Cl)cc1NC(=O)c1cnc(C(C)(C)C)s1. The molecule has 0 fully saturated rings. The number of hydrogen-bond donors (Lipinski definition) is 2. The van der Waals surface area contributed by atoms with E-state index in [2.05, 4.69) is 15.6 Å². The molecule has 1 aromatic carbocycles. The molecule has 2 rings (SSSR count). The normalized spacial score (nSPS) is 11.5. The number of benzene rings is 1. The maximum atomic E-state index is 12.5. The molecule has 0 aliphatic rings. The minimum absolute atomic E-state index is 0.0115. The van der Waals surface area contributed by atoms with Crippen LogP contribution in [0.2, 0.25) is 5.02 Å². The van der Waals surface area contributed by atoms with E-state index in [0.717, 1.165) is 5.01 Å². The standard InChI is InChI=1S/C18H22ClN3O2S/c1-10(2)21-15(23)12-7-6-11(19)8-13(12)22-16(24)14-9-20-17(25-14)18(3,4)5/h6-10H,1-5H3,(H,21,23)(H,22,24). The number of hydrogen-bond acceptors (Lipinski definition) is 4. The highest BCUT2D eigenvalue weighted by atomic mass is 35.5. The lowest BCUT2D eigenvalue weighted by Crippen LogP contribution is -2.31. The maximum absolute atomic E-state index is 12.5. The van der Waals surface area contributed by atoms with Crippen LogP contribution in [0.3, 0.4) is 0 Å². The number of rotatable bonds is 4. The Bertz CT molecular complexity index is 794. The molecule has 1 aromatic heterocycles. The topological polar surface area (TPSA) is 71.1 Å². The minimum atomic E-state index is -0.311. The van der Waals surface area contributed by atoms with Crippen LogP contribution in [0.4, 0.5) is 5.69 Å². The van der Waals surface area contributed by atoms with Gasteiger partial charge in [-0.05, 0) is 32.0 Å². The van der Waals surface area contributed by atoms with Crippen LogP contribution in [-0.2, 0) is 5.41 Å². The van der Waals surface area contributed by atoms with Crippen LogP contribution >= 0.6 is 22.9 Å². The van der Waals surface area contributed by atoms with Crippen molar-refractivity contribution in [3.8, 4) is 0 Å². The summed E-state index contributed by atoms with van der Waals surface area (Å²) in [4.78, 5) is 29.7. The average molecular weight is 380 g/mol. The molecule has 2 N–H and O–H groups in total. The lowest BCUT2D eigenvalue weighted by molar-refractivity contribution is 0.0944. The lowest BCUT2D eigenvalue weighted by atomic mass is 9.98. The zero-order valence-corrected chi connectivity index (χ0v) is 16.5. The first-order valence-corrected chi connectivity index (χ1v) is 9.15. The van der Waals surface area contributed by atoms with Gasteiger partial charge >= 0.3 is 0 Å². The summed E-state index contributed by atoms with van der Waals surface area (Å²) in [5.41, 5.74) is 0.620. The smallest absolute Gasteiger partial charge is 0.267 e. The van der Waals surface area contributed by atoms with E-state index in [9.17, 15) is 9.59 Å². The molecule has 0 saturated heterocycles. The van der Waals surface area contributed by atoms with Crippen LogP contribution in [0.15, 0.2) is 24.4 Å². The molecular weight excluding hydrogens is 358 g/mol. The summed E-state index contributed by atoms with van der Waals surface area (Å²) in [6, 6.07) is 4.78. The van der Waals surface area contributed by atoms with Gasteiger partial charge in [0.15, 0.2) is 0 Å². The number of aromatic nitrogens is 1. The van der Waals surface area contributed by atoms with Gasteiger partial charge in [-0.1, -0.05) is 32.4 Å². The molecule has 7 heteroatoms. The summed E-state index contributed by atoms with van der Waals surface area (Å²) < 4.78 is 0. The van der Waals surface area contributed by atoms with E-state index in [0.29, 0.717) is 21.2 Å². The molecule has 134 valence electrons. The van der Waals surface area contributed by atoms with Crippen molar-refractivity contribution in [2.75, 3.05) is 5.32 Å². The minimum Gasteiger partial charge on any atom is -0.350 e. The van der Waals surface area contributed by atoms with E-state index < -0.39 is 0 Å². The van der Waals surface area contributed by atoms with Crippen molar-refractivity contribution in [2.24, 2.45) is 0 Å². The van der Waals surface area contributed by atoms with Gasteiger partial charge in [-0.3, -0.25) is 9.59 Å². The largest absolute Gasteiger partial charge is 0.350 e. The van der Waals surface area contributed by atoms with Gasteiger partial charge in [0.1, 0.15) is 4.88 Å². The van der Waals surface area contributed by atoms with Crippen LogP contribution in [-0.4, -0.2) is 22.8 Å². The van der Waals surface area contributed by atoms with Gasteiger partial charge in [-0.2, -0.15) is 0 Å². The van der Waals surface area contributed by atoms with Crippen molar-refractivity contribution in [1.82, 2.24) is 10.3 Å². The Labute approximate surface area is 156 Å². The number of carbonyl (C=O) groups excluding carboxylic acids is 2. The van der Waals surface area contributed by atoms with Gasteiger partial charge in [-0.25, -0.2) is 4.98 Å². The summed E-state index contributed by atoms with van der Waals surface area (Å²) in [6.07, 6.45) is 1.55. The molecule has 0 aliphatic heterocycles. The third-order valence-corrected chi connectivity index (χ3v) is 4.92. The summed E-state index contributed by atoms with van der Waals surface area (Å²) in [5.74, 6) is -0.574. The molecule has 0 radical (unpaired) electrons. The summed E-state index contributed by atoms with van der Waals surface area (Å²) in [5, 5.41) is 6.90. The molecule has 0 bridgehead atoms. The molecule has 0 aliphatic carbocycles. The second-order valence-corrected chi connectivity index (χ2v) is 8.52. The quantitative estimate of drug-likeness (QED) is 0.822. The Kier molecular flexibility index (Phi) is 5.85. The van der Waals surface area contributed by atoms with Crippen LogP contribution in [0, 0.1) is 0 Å². The van der Waals surface area contributed by atoms with Gasteiger partial charge < -0.3 is 10.6 Å². The predicted octanol–water partition coefficient (Wildman–Crippen LogP) is 4.48. The zero-order chi connectivity index (χ0) is 18.8. The van der Waals surface area contributed by atoms with Crippen molar-refractivity contribution >= 4 is 40.4 Å². The molecule has 1 heterocycles. The fraction of sp³-hybridized carbons (Fsp3) is 0.389. The van der Waals surface area contributed by atoms with Crippen molar-refractivity contribution in [2.45, 2.75) is 46.1 Å². The van der Waals surface area contributed by atoms with Crippen molar-refractivity contribution < 1.29 is 9.59 Å². The molecule has 25 heavy (non-hydrogen) atoms. The van der Waals surface area contributed by atoms with E-state index in [1.807, 2.05) is 34.6 Å². The number of anilines is 1. The number of halogens is 1. The molecule has 2 amide bonds. The van der Waals surface area contributed by atoms with Gasteiger partial charge in [0.05, 0.1) is 22.5 Å². The highest BCUT2D eigenvalue weighted by Crippen LogP contribution is 2.28. The molecule has 0 unspecified atom stereocenters. The van der Waals surface area contributed by atoms with Crippen molar-refractivity contribution in [1.29, 1.82) is 0 Å². The van der Waals surface area contributed by atoms with Crippen LogP contribution in [0.25, 0.3) is 0 Å². The molecule has 0 atom stereocenters.